The van der Waals surface area contributed by atoms with Crippen molar-refractivity contribution in [1.82, 2.24) is 19.5 Å². The maximum atomic E-state index is 9.62. The number of pyridine rings is 1. The minimum atomic E-state index is 0.321. The maximum absolute atomic E-state index is 9.62. The van der Waals surface area contributed by atoms with E-state index in [9.17, 15) is 5.26 Å². The van der Waals surface area contributed by atoms with Gasteiger partial charge in [0.05, 0.1) is 23.3 Å². The van der Waals surface area contributed by atoms with E-state index in [-0.39, 0.29) is 0 Å². The maximum Gasteiger partial charge on any atom is 0.147 e. The topological polar surface area (TPSA) is 70.6 Å². The van der Waals surface area contributed by atoms with Gasteiger partial charge in [-0.05, 0) is 38.3 Å². The Morgan fingerprint density at radius 2 is 2.22 bits per heavy atom. The highest BCUT2D eigenvalue weighted by atomic mass is 32.1. The van der Waals surface area contributed by atoms with Crippen LogP contribution in [0.25, 0.3) is 0 Å². The molecule has 6 nitrogen and oxygen atoms in total. The Morgan fingerprint density at radius 1 is 1.33 bits per heavy atom. The first kappa shape index (κ1) is 17.7. The van der Waals surface area contributed by atoms with Gasteiger partial charge < -0.3 is 9.47 Å². The molecule has 0 aliphatic carbocycles. The third-order valence-corrected chi connectivity index (χ3v) is 5.72. The van der Waals surface area contributed by atoms with E-state index in [4.69, 9.17) is 4.98 Å². The Labute approximate surface area is 163 Å². The van der Waals surface area contributed by atoms with Crippen LogP contribution in [-0.4, -0.2) is 32.6 Å². The summed E-state index contributed by atoms with van der Waals surface area (Å²) in [5.74, 6) is 2.23. The molecule has 1 fully saturated rings. The normalized spacial score (nSPS) is 17.1. The lowest BCUT2D eigenvalue weighted by Gasteiger charge is -2.34. The molecule has 7 heteroatoms. The first-order valence-electron chi connectivity index (χ1n) is 9.17. The molecular weight excluding hydrogens is 356 g/mol. The van der Waals surface area contributed by atoms with Crippen molar-refractivity contribution in [3.8, 4) is 6.07 Å². The third kappa shape index (κ3) is 3.58. The molecule has 4 heterocycles. The standard InChI is InChI=1S/C20H22N6S/c1-14-8-15(2)24-20(18(14)9-21)25-6-3-4-16(10-25)19-22-5-7-26(19)11-17-12-27-13-23-17/h5,7-8,12-13,16H,3-4,6,10-11H2,1-2H3/t16-/m0/s1. The van der Waals surface area contributed by atoms with Crippen molar-refractivity contribution in [2.75, 3.05) is 18.0 Å². The molecule has 0 aromatic carbocycles. The fourth-order valence-electron chi connectivity index (χ4n) is 3.87. The highest BCUT2D eigenvalue weighted by Gasteiger charge is 2.27. The number of piperidine rings is 1. The van der Waals surface area contributed by atoms with E-state index in [0.717, 1.165) is 61.1 Å². The summed E-state index contributed by atoms with van der Waals surface area (Å²) in [5, 5.41) is 11.7. The summed E-state index contributed by atoms with van der Waals surface area (Å²) < 4.78 is 2.20. The van der Waals surface area contributed by atoms with Gasteiger partial charge in [-0.15, -0.1) is 11.3 Å². The Hall–Kier alpha value is -2.72. The summed E-state index contributed by atoms with van der Waals surface area (Å²) in [6.07, 6.45) is 6.06. The van der Waals surface area contributed by atoms with E-state index in [1.54, 1.807) is 11.3 Å². The summed E-state index contributed by atoms with van der Waals surface area (Å²) in [7, 11) is 0. The molecule has 4 rings (SSSR count). The van der Waals surface area contributed by atoms with Gasteiger partial charge in [-0.3, -0.25) is 0 Å². The second-order valence-electron chi connectivity index (χ2n) is 7.07. The number of hydrogen-bond acceptors (Lipinski definition) is 6. The highest BCUT2D eigenvalue weighted by molar-refractivity contribution is 7.07. The van der Waals surface area contributed by atoms with Crippen molar-refractivity contribution in [3.63, 3.8) is 0 Å². The zero-order valence-electron chi connectivity index (χ0n) is 15.6. The first-order chi connectivity index (χ1) is 13.2. The summed E-state index contributed by atoms with van der Waals surface area (Å²) >= 11 is 1.62. The van der Waals surface area contributed by atoms with Crippen LogP contribution in [-0.2, 0) is 6.54 Å². The number of rotatable bonds is 4. The minimum absolute atomic E-state index is 0.321. The molecule has 1 saturated heterocycles. The second-order valence-corrected chi connectivity index (χ2v) is 7.79. The molecule has 1 aliphatic rings. The van der Waals surface area contributed by atoms with Crippen LogP contribution in [0.5, 0.6) is 0 Å². The van der Waals surface area contributed by atoms with Crippen molar-refractivity contribution >= 4 is 17.2 Å². The second kappa shape index (κ2) is 7.49. The van der Waals surface area contributed by atoms with E-state index in [1.807, 2.05) is 37.8 Å². The van der Waals surface area contributed by atoms with Crippen molar-refractivity contribution in [3.05, 3.63) is 57.7 Å². The fraction of sp³-hybridized carbons (Fsp3) is 0.400. The fourth-order valence-corrected chi connectivity index (χ4v) is 4.42. The molecule has 0 N–H and O–H groups in total. The van der Waals surface area contributed by atoms with Crippen molar-refractivity contribution in [1.29, 1.82) is 5.26 Å². The molecule has 0 spiro atoms. The number of nitriles is 1. The van der Waals surface area contributed by atoms with Crippen LogP contribution in [0, 0.1) is 25.2 Å². The van der Waals surface area contributed by atoms with E-state index < -0.39 is 0 Å². The Bertz CT molecular complexity index is 969. The van der Waals surface area contributed by atoms with Gasteiger partial charge in [-0.2, -0.15) is 5.26 Å². The van der Waals surface area contributed by atoms with Gasteiger partial charge in [0.2, 0.25) is 0 Å². The highest BCUT2D eigenvalue weighted by Crippen LogP contribution is 2.31. The molecule has 27 heavy (non-hydrogen) atoms. The minimum Gasteiger partial charge on any atom is -0.355 e. The lowest BCUT2D eigenvalue weighted by atomic mass is 9.96. The predicted octanol–water partition coefficient (Wildman–Crippen LogP) is 3.66. The molecular formula is C20H22N6S. The molecule has 0 radical (unpaired) electrons. The van der Waals surface area contributed by atoms with E-state index in [2.05, 4.69) is 30.9 Å². The van der Waals surface area contributed by atoms with Crippen LogP contribution in [0.3, 0.4) is 0 Å². The number of nitrogens with zero attached hydrogens (tertiary/aromatic N) is 6. The monoisotopic (exact) mass is 378 g/mol. The lowest BCUT2D eigenvalue weighted by molar-refractivity contribution is 0.473. The number of aromatic nitrogens is 4. The number of thiazole rings is 1. The van der Waals surface area contributed by atoms with Crippen LogP contribution in [0.2, 0.25) is 0 Å². The Balaban J connectivity index is 1.60. The average Bonchev–Trinajstić information content (AvgIpc) is 3.34. The number of anilines is 1. The molecule has 0 saturated carbocycles. The predicted molar refractivity (Wildman–Crippen MR) is 106 cm³/mol. The molecule has 0 amide bonds. The van der Waals surface area contributed by atoms with Crippen molar-refractivity contribution < 1.29 is 0 Å². The number of aryl methyl sites for hydroxylation is 2. The largest absolute Gasteiger partial charge is 0.355 e. The molecule has 3 aromatic heterocycles. The van der Waals surface area contributed by atoms with Gasteiger partial charge in [0.15, 0.2) is 0 Å². The van der Waals surface area contributed by atoms with Gasteiger partial charge in [0.25, 0.3) is 0 Å². The van der Waals surface area contributed by atoms with E-state index in [1.165, 1.54) is 0 Å². The zero-order chi connectivity index (χ0) is 18.8. The zero-order valence-corrected chi connectivity index (χ0v) is 16.4. The molecule has 1 atom stereocenters. The molecule has 0 bridgehead atoms. The van der Waals surface area contributed by atoms with E-state index >= 15 is 0 Å². The smallest absolute Gasteiger partial charge is 0.147 e. The van der Waals surface area contributed by atoms with Crippen molar-refractivity contribution in [2.45, 2.75) is 39.2 Å². The number of hydrogen-bond donors (Lipinski definition) is 0. The molecule has 3 aromatic rings. The van der Waals surface area contributed by atoms with Crippen LogP contribution < -0.4 is 4.90 Å². The van der Waals surface area contributed by atoms with E-state index in [0.29, 0.717) is 11.5 Å². The quantitative estimate of drug-likeness (QED) is 0.693. The van der Waals surface area contributed by atoms with Crippen LogP contribution in [0.1, 0.15) is 47.1 Å². The summed E-state index contributed by atoms with van der Waals surface area (Å²) in [6, 6.07) is 4.32. The SMILES string of the molecule is Cc1cc(C)c(C#N)c(N2CCC[C@H](c3nccn3Cc3cscn3)C2)n1. The summed E-state index contributed by atoms with van der Waals surface area (Å²) in [5.41, 5.74) is 5.56. The Morgan fingerprint density at radius 3 is 3.00 bits per heavy atom. The Kier molecular flexibility index (Phi) is 4.90. The number of imidazole rings is 1. The average molecular weight is 379 g/mol. The van der Waals surface area contributed by atoms with Gasteiger partial charge in [0.1, 0.15) is 17.7 Å². The van der Waals surface area contributed by atoms with Gasteiger partial charge in [-0.25, -0.2) is 15.0 Å². The third-order valence-electron chi connectivity index (χ3n) is 5.09. The van der Waals surface area contributed by atoms with Crippen LogP contribution in [0.4, 0.5) is 5.82 Å². The molecule has 138 valence electrons. The molecule has 1 aliphatic heterocycles. The summed E-state index contributed by atoms with van der Waals surface area (Å²) in [4.78, 5) is 16.0. The van der Waals surface area contributed by atoms with Crippen LogP contribution >= 0.6 is 11.3 Å². The molecule has 0 unspecified atom stereocenters. The van der Waals surface area contributed by atoms with Gasteiger partial charge in [0, 0.05) is 42.5 Å². The first-order valence-corrected chi connectivity index (χ1v) is 10.1. The van der Waals surface area contributed by atoms with Crippen LogP contribution in [0.15, 0.2) is 29.4 Å². The lowest BCUT2D eigenvalue weighted by Crippen LogP contribution is -2.36. The van der Waals surface area contributed by atoms with Gasteiger partial charge >= 0.3 is 0 Å². The van der Waals surface area contributed by atoms with Crippen molar-refractivity contribution in [2.24, 2.45) is 0 Å². The summed E-state index contributed by atoms with van der Waals surface area (Å²) in [6.45, 7) is 6.48. The van der Waals surface area contributed by atoms with Gasteiger partial charge in [-0.1, -0.05) is 0 Å².